The third kappa shape index (κ3) is 3.26. The molecule has 4 rings (SSSR count). The molecule has 2 aliphatic rings. The zero-order valence-electron chi connectivity index (χ0n) is 16.6. The molecule has 3 N–H and O–H groups in total. The number of aryl methyl sites for hydroxylation is 1. The SMILES string of the molecule is Cc1ccc(C2(C(=O)Nc3sc4c(c3C(N)=O)CC[C@H](C)C4)CCCC2)cc1. The zero-order valence-corrected chi connectivity index (χ0v) is 17.5. The molecule has 0 radical (unpaired) electrons. The second kappa shape index (κ2) is 7.36. The first-order valence-electron chi connectivity index (χ1n) is 10.2. The number of carbonyl (C=O) groups excluding carboxylic acids is 2. The lowest BCUT2D eigenvalue weighted by Crippen LogP contribution is -2.38. The quantitative estimate of drug-likeness (QED) is 0.784. The monoisotopic (exact) mass is 396 g/mol. The predicted octanol–water partition coefficient (Wildman–Crippen LogP) is 4.73. The van der Waals surface area contributed by atoms with Gasteiger partial charge in [-0.05, 0) is 56.1 Å². The number of hydrogen-bond donors (Lipinski definition) is 2. The lowest BCUT2D eigenvalue weighted by Gasteiger charge is -2.28. The van der Waals surface area contributed by atoms with Gasteiger partial charge in [0.1, 0.15) is 5.00 Å². The van der Waals surface area contributed by atoms with Crippen molar-refractivity contribution in [1.82, 2.24) is 0 Å². The van der Waals surface area contributed by atoms with Crippen molar-refractivity contribution in [3.05, 3.63) is 51.4 Å². The molecule has 1 aromatic heterocycles. The van der Waals surface area contributed by atoms with Crippen LogP contribution >= 0.6 is 11.3 Å². The van der Waals surface area contributed by atoms with Crippen molar-refractivity contribution < 1.29 is 9.59 Å². The molecule has 5 heteroatoms. The Balaban J connectivity index is 1.69. The Morgan fingerprint density at radius 1 is 1.18 bits per heavy atom. The third-order valence-electron chi connectivity index (χ3n) is 6.48. The number of thiophene rings is 1. The van der Waals surface area contributed by atoms with Gasteiger partial charge in [-0.3, -0.25) is 9.59 Å². The summed E-state index contributed by atoms with van der Waals surface area (Å²) in [4.78, 5) is 26.9. The van der Waals surface area contributed by atoms with Gasteiger partial charge in [0.25, 0.3) is 5.91 Å². The zero-order chi connectivity index (χ0) is 19.9. The van der Waals surface area contributed by atoms with Crippen molar-refractivity contribution in [3.63, 3.8) is 0 Å². The van der Waals surface area contributed by atoms with Crippen LogP contribution in [-0.4, -0.2) is 11.8 Å². The maximum absolute atomic E-state index is 13.5. The van der Waals surface area contributed by atoms with Crippen LogP contribution in [0.3, 0.4) is 0 Å². The molecule has 28 heavy (non-hydrogen) atoms. The molecular formula is C23H28N2O2S. The minimum atomic E-state index is -0.513. The van der Waals surface area contributed by atoms with Gasteiger partial charge in [0.05, 0.1) is 11.0 Å². The number of carbonyl (C=O) groups is 2. The second-order valence-electron chi connectivity index (χ2n) is 8.53. The number of hydrogen-bond acceptors (Lipinski definition) is 3. The summed E-state index contributed by atoms with van der Waals surface area (Å²) in [6, 6.07) is 8.30. The summed E-state index contributed by atoms with van der Waals surface area (Å²) in [5, 5.41) is 3.79. The number of amides is 2. The summed E-state index contributed by atoms with van der Waals surface area (Å²) >= 11 is 1.54. The van der Waals surface area contributed by atoms with Crippen LogP contribution in [0, 0.1) is 12.8 Å². The first kappa shape index (κ1) is 19.2. The molecular weight excluding hydrogens is 368 g/mol. The Morgan fingerprint density at radius 2 is 1.86 bits per heavy atom. The van der Waals surface area contributed by atoms with Crippen molar-refractivity contribution in [2.45, 2.75) is 64.2 Å². The van der Waals surface area contributed by atoms with Crippen molar-refractivity contribution >= 4 is 28.2 Å². The highest BCUT2D eigenvalue weighted by atomic mass is 32.1. The summed E-state index contributed by atoms with van der Waals surface area (Å²) in [6.45, 7) is 4.29. The highest BCUT2D eigenvalue weighted by Gasteiger charge is 2.43. The van der Waals surface area contributed by atoms with Crippen LogP contribution in [0.25, 0.3) is 0 Å². The molecule has 2 aromatic rings. The minimum Gasteiger partial charge on any atom is -0.365 e. The van der Waals surface area contributed by atoms with Crippen LogP contribution in [0.2, 0.25) is 0 Å². The Hall–Kier alpha value is -2.14. The highest BCUT2D eigenvalue weighted by molar-refractivity contribution is 7.17. The fourth-order valence-corrected chi connectivity index (χ4v) is 6.23. The van der Waals surface area contributed by atoms with Crippen molar-refractivity contribution in [1.29, 1.82) is 0 Å². The summed E-state index contributed by atoms with van der Waals surface area (Å²) in [6.07, 6.45) is 6.66. The Labute approximate surface area is 170 Å². The van der Waals surface area contributed by atoms with E-state index < -0.39 is 11.3 Å². The van der Waals surface area contributed by atoms with E-state index in [-0.39, 0.29) is 5.91 Å². The normalized spacial score (nSPS) is 20.6. The molecule has 0 aliphatic heterocycles. The molecule has 1 saturated carbocycles. The van der Waals surface area contributed by atoms with Gasteiger partial charge in [-0.15, -0.1) is 11.3 Å². The molecule has 0 spiro atoms. The van der Waals surface area contributed by atoms with E-state index in [1.165, 1.54) is 10.4 Å². The molecule has 1 aromatic carbocycles. The fourth-order valence-electron chi connectivity index (χ4n) is 4.82. The number of nitrogens with two attached hydrogens (primary N) is 1. The summed E-state index contributed by atoms with van der Waals surface area (Å²) in [7, 11) is 0. The van der Waals surface area contributed by atoms with Gasteiger partial charge in [-0.25, -0.2) is 0 Å². The van der Waals surface area contributed by atoms with Crippen molar-refractivity contribution in [2.24, 2.45) is 11.7 Å². The largest absolute Gasteiger partial charge is 0.365 e. The van der Waals surface area contributed by atoms with E-state index in [0.29, 0.717) is 16.5 Å². The molecule has 1 heterocycles. The summed E-state index contributed by atoms with van der Waals surface area (Å²) < 4.78 is 0. The van der Waals surface area contributed by atoms with E-state index in [2.05, 4.69) is 43.4 Å². The van der Waals surface area contributed by atoms with Gasteiger partial charge in [0.15, 0.2) is 0 Å². The van der Waals surface area contributed by atoms with E-state index in [9.17, 15) is 9.59 Å². The number of benzene rings is 1. The Kier molecular flexibility index (Phi) is 5.04. The van der Waals surface area contributed by atoms with Crippen LogP contribution in [0.15, 0.2) is 24.3 Å². The molecule has 0 bridgehead atoms. The molecule has 0 unspecified atom stereocenters. The lowest BCUT2D eigenvalue weighted by molar-refractivity contribution is -0.121. The highest BCUT2D eigenvalue weighted by Crippen LogP contribution is 2.44. The minimum absolute atomic E-state index is 0.00278. The number of primary amides is 1. The summed E-state index contributed by atoms with van der Waals surface area (Å²) in [5.41, 5.74) is 9.07. The number of anilines is 1. The van der Waals surface area contributed by atoms with E-state index in [0.717, 1.165) is 56.1 Å². The average molecular weight is 397 g/mol. The molecule has 2 aliphatic carbocycles. The molecule has 148 valence electrons. The smallest absolute Gasteiger partial charge is 0.251 e. The number of fused-ring (bicyclic) bond motifs is 1. The van der Waals surface area contributed by atoms with Gasteiger partial charge in [-0.2, -0.15) is 0 Å². The molecule has 2 amide bonds. The van der Waals surface area contributed by atoms with Gasteiger partial charge in [0, 0.05) is 4.88 Å². The predicted molar refractivity (Wildman–Crippen MR) is 114 cm³/mol. The Bertz CT molecular complexity index is 907. The maximum Gasteiger partial charge on any atom is 0.251 e. The first-order chi connectivity index (χ1) is 13.4. The van der Waals surface area contributed by atoms with E-state index in [4.69, 9.17) is 5.73 Å². The second-order valence-corrected chi connectivity index (χ2v) is 9.63. The molecule has 0 saturated heterocycles. The van der Waals surface area contributed by atoms with E-state index >= 15 is 0 Å². The van der Waals surface area contributed by atoms with Gasteiger partial charge < -0.3 is 11.1 Å². The standard InChI is InChI=1S/C23H28N2O2S/c1-14-5-8-16(9-6-14)23(11-3-4-12-23)22(27)25-21-19(20(24)26)17-10-7-15(2)13-18(17)28-21/h5-6,8-9,15H,3-4,7,10-13H2,1-2H3,(H2,24,26)(H,25,27)/t15-/m0/s1. The van der Waals surface area contributed by atoms with E-state index in [1.807, 2.05) is 0 Å². The van der Waals surface area contributed by atoms with Crippen molar-refractivity contribution in [3.8, 4) is 0 Å². The fraction of sp³-hybridized carbons (Fsp3) is 0.478. The average Bonchev–Trinajstić information content (AvgIpc) is 3.27. The number of nitrogens with one attached hydrogen (secondary N) is 1. The lowest BCUT2D eigenvalue weighted by atomic mass is 9.77. The first-order valence-corrected chi connectivity index (χ1v) is 11.1. The van der Waals surface area contributed by atoms with Crippen LogP contribution in [0.5, 0.6) is 0 Å². The van der Waals surface area contributed by atoms with Crippen LogP contribution in [0.4, 0.5) is 5.00 Å². The van der Waals surface area contributed by atoms with Gasteiger partial charge >= 0.3 is 0 Å². The van der Waals surface area contributed by atoms with Crippen LogP contribution in [0.1, 0.15) is 71.0 Å². The van der Waals surface area contributed by atoms with Crippen LogP contribution < -0.4 is 11.1 Å². The Morgan fingerprint density at radius 3 is 2.50 bits per heavy atom. The van der Waals surface area contributed by atoms with Gasteiger partial charge in [-0.1, -0.05) is 49.6 Å². The summed E-state index contributed by atoms with van der Waals surface area (Å²) in [5.74, 6) is 0.172. The molecule has 1 fully saturated rings. The topological polar surface area (TPSA) is 72.2 Å². The maximum atomic E-state index is 13.5. The van der Waals surface area contributed by atoms with Crippen molar-refractivity contribution in [2.75, 3.05) is 5.32 Å². The van der Waals surface area contributed by atoms with E-state index in [1.54, 1.807) is 11.3 Å². The van der Waals surface area contributed by atoms with Gasteiger partial charge in [0.2, 0.25) is 5.91 Å². The van der Waals surface area contributed by atoms with Crippen LogP contribution in [-0.2, 0) is 23.1 Å². The third-order valence-corrected chi connectivity index (χ3v) is 7.65. The molecule has 4 nitrogen and oxygen atoms in total. The number of rotatable bonds is 4. The molecule has 1 atom stereocenters.